The summed E-state index contributed by atoms with van der Waals surface area (Å²) in [7, 11) is 13.5. The predicted octanol–water partition coefficient (Wildman–Crippen LogP) is 2.91. The molecule has 1 aromatic rings. The molecule has 0 amide bonds. The van der Waals surface area contributed by atoms with Crippen molar-refractivity contribution >= 4 is 30.5 Å². The van der Waals surface area contributed by atoms with E-state index in [2.05, 4.69) is 0 Å². The average Bonchev–Trinajstić information content (AvgIpc) is 2.59. The molecular weight excluding hydrogens is 366 g/mol. The second-order valence-electron chi connectivity index (χ2n) is 7.07. The van der Waals surface area contributed by atoms with Crippen molar-refractivity contribution in [3.8, 4) is 0 Å². The fourth-order valence-corrected chi connectivity index (χ4v) is 18.8. The third-order valence-electron chi connectivity index (χ3n) is 4.05. The van der Waals surface area contributed by atoms with Crippen LogP contribution in [0.5, 0.6) is 0 Å². The molecule has 0 bridgehead atoms. The van der Waals surface area contributed by atoms with Crippen LogP contribution in [0.4, 0.5) is 0 Å². The van der Waals surface area contributed by atoms with Crippen molar-refractivity contribution in [1.29, 1.82) is 0 Å². The third-order valence-corrected chi connectivity index (χ3v) is 28.0. The molecule has 0 saturated heterocycles. The molecule has 6 heteroatoms. The van der Waals surface area contributed by atoms with E-state index in [1.54, 1.807) is 0 Å². The van der Waals surface area contributed by atoms with E-state index in [0.717, 1.165) is 11.1 Å². The van der Waals surface area contributed by atoms with Crippen molar-refractivity contribution in [3.63, 3.8) is 0 Å². The molecule has 0 saturated carbocycles. The zero-order valence-electron chi connectivity index (χ0n) is 10.6. The van der Waals surface area contributed by atoms with Crippen molar-refractivity contribution in [3.05, 3.63) is 41.5 Å². The van der Waals surface area contributed by atoms with E-state index in [9.17, 15) is 7.92 Å². The van der Waals surface area contributed by atoms with E-state index in [4.69, 9.17) is 17.0 Å². The Morgan fingerprint density at radius 2 is 2.00 bits per heavy atom. The summed E-state index contributed by atoms with van der Waals surface area (Å²) in [5, 5.41) is 9.28. The van der Waals surface area contributed by atoms with Gasteiger partial charge < -0.3 is 0 Å². The van der Waals surface area contributed by atoms with Gasteiger partial charge in [-0.25, -0.2) is 0 Å². The Kier molecular flexibility index (Phi) is 2.61. The van der Waals surface area contributed by atoms with Gasteiger partial charge in [0.2, 0.25) is 0 Å². The van der Waals surface area contributed by atoms with Crippen LogP contribution in [0.1, 0.15) is 14.8 Å². The predicted molar refractivity (Wildman–Crippen MR) is 78.3 cm³/mol. The van der Waals surface area contributed by atoms with Gasteiger partial charge in [-0.3, -0.25) is 0 Å². The van der Waals surface area contributed by atoms with Gasteiger partial charge in [0.05, 0.1) is 0 Å². The molecule has 1 N–H and O–H groups in total. The molecule has 1 aliphatic rings. The third kappa shape index (κ3) is 2.51. The molecule has 2 rings (SSSR count). The molecule has 0 aliphatic heterocycles. The van der Waals surface area contributed by atoms with Crippen LogP contribution in [0.15, 0.2) is 30.3 Å². The molecule has 100 valence electrons. The Hall–Kier alpha value is 0.400. The van der Waals surface area contributed by atoms with Gasteiger partial charge in [0.15, 0.2) is 0 Å². The molecule has 1 unspecified atom stereocenters. The number of benzene rings is 1. The van der Waals surface area contributed by atoms with Gasteiger partial charge in [0.1, 0.15) is 0 Å². The van der Waals surface area contributed by atoms with Crippen molar-refractivity contribution in [2.45, 2.75) is 12.4 Å². The minimum absolute atomic E-state index is 0.0321. The number of aliphatic hydroxyl groups is 1. The fourth-order valence-electron chi connectivity index (χ4n) is 2.80. The Morgan fingerprint density at radius 3 is 2.61 bits per heavy atom. The summed E-state index contributed by atoms with van der Waals surface area (Å²) in [4.78, 5) is 0. The van der Waals surface area contributed by atoms with Crippen LogP contribution in [0.3, 0.4) is 0 Å². The Bertz CT molecular complexity index is 654. The number of aliphatic hydroxyl groups excluding tert-OH is 1. The van der Waals surface area contributed by atoms with E-state index in [1.165, 1.54) is 4.63 Å². The van der Waals surface area contributed by atoms with Gasteiger partial charge in [-0.05, 0) is 0 Å². The summed E-state index contributed by atoms with van der Waals surface area (Å²) in [6, 6.07) is 7.68. The standard InChI is InChI=1S/C9H7.C2H5O.CH3.2ClH.O.H3Si.Zr/c1-2-5-9-7-3-6-8(9)4-1;1-2-3;;;;;;/h1-7H;3H,1-2H2;1H3;2*1H;;1H3;/q;;;;;;;+2/p-2. The zero-order valence-corrected chi connectivity index (χ0v) is 16.5. The fraction of sp³-hybridized carbons (Fsp3) is 0.333. The van der Waals surface area contributed by atoms with Crippen LogP contribution in [0.2, 0.25) is 8.76 Å². The SMILES string of the molecule is [CH3][Zr](=[O])([SiH3])([Cl])([Cl])([CH2]CO)[CH]1C=Cc2ccccc21. The minimum atomic E-state index is -6.09. The molecular formula is C12H18Cl2O2SiZr. The molecule has 2 nitrogen and oxygen atoms in total. The van der Waals surface area contributed by atoms with E-state index in [0.29, 0.717) is 0 Å². The van der Waals surface area contributed by atoms with Crippen LogP contribution < -0.4 is 0 Å². The number of allylic oxidation sites excluding steroid dienone is 1. The molecule has 0 spiro atoms. The second-order valence-corrected chi connectivity index (χ2v) is 79.3. The molecule has 0 fully saturated rings. The first-order chi connectivity index (χ1) is 7.88. The van der Waals surface area contributed by atoms with Crippen molar-refractivity contribution in [2.24, 2.45) is 0 Å². The Labute approximate surface area is 110 Å². The van der Waals surface area contributed by atoms with E-state index in [-0.39, 0.29) is 18.1 Å². The maximum atomic E-state index is 13.8. The normalized spacial score (nSPS) is 24.9. The average molecular weight is 384 g/mol. The van der Waals surface area contributed by atoms with Crippen LogP contribution in [-0.4, -0.2) is 19.1 Å². The summed E-state index contributed by atoms with van der Waals surface area (Å²) in [5.74, 6) is 0. The van der Waals surface area contributed by atoms with Crippen molar-refractivity contribution in [2.75, 3.05) is 6.61 Å². The molecule has 1 aromatic carbocycles. The molecule has 1 aliphatic carbocycles. The summed E-state index contributed by atoms with van der Waals surface area (Å²) in [5.41, 5.74) is 1.91. The summed E-state index contributed by atoms with van der Waals surface area (Å²) in [6.07, 6.45) is 3.75. The van der Waals surface area contributed by atoms with Crippen molar-refractivity contribution < 1.29 is 20.5 Å². The van der Waals surface area contributed by atoms with Gasteiger partial charge in [0, 0.05) is 0 Å². The molecule has 0 radical (unpaired) electrons. The summed E-state index contributed by atoms with van der Waals surface area (Å²) in [6.45, 7) is -0.259. The van der Waals surface area contributed by atoms with Gasteiger partial charge in [0.25, 0.3) is 0 Å². The molecule has 1 atom stereocenters. The van der Waals surface area contributed by atoms with Crippen molar-refractivity contribution in [1.82, 2.24) is 0 Å². The summed E-state index contributed by atoms with van der Waals surface area (Å²) < 4.78 is 14.8. The Balaban J connectivity index is 2.73. The first kappa shape index (κ1) is 14.8. The van der Waals surface area contributed by atoms with E-state index in [1.807, 2.05) is 36.4 Å². The van der Waals surface area contributed by atoms with Crippen LogP contribution in [-0.2, 0) is 15.4 Å². The first-order valence-corrected chi connectivity index (χ1v) is 27.4. The first-order valence-electron chi connectivity index (χ1n) is 6.11. The molecule has 0 aromatic heterocycles. The van der Waals surface area contributed by atoms with E-state index < -0.39 is 16.2 Å². The zero-order chi connectivity index (χ0) is 13.8. The molecule has 0 heterocycles. The quantitative estimate of drug-likeness (QED) is 0.814. The summed E-state index contributed by atoms with van der Waals surface area (Å²) >= 11 is -6.09. The topological polar surface area (TPSA) is 37.3 Å². The Morgan fingerprint density at radius 1 is 1.39 bits per heavy atom. The number of hydrogen-bond acceptors (Lipinski definition) is 2. The molecule has 18 heavy (non-hydrogen) atoms. The van der Waals surface area contributed by atoms with Gasteiger partial charge >= 0.3 is 111 Å². The second kappa shape index (κ2) is 3.17. The van der Waals surface area contributed by atoms with Crippen LogP contribution in [0, 0.1) is 0 Å². The van der Waals surface area contributed by atoms with Gasteiger partial charge in [-0.15, -0.1) is 0 Å². The maximum absolute atomic E-state index is 13.8. The van der Waals surface area contributed by atoms with E-state index >= 15 is 0 Å². The number of halogens is 2. The van der Waals surface area contributed by atoms with Gasteiger partial charge in [-0.1, -0.05) is 0 Å². The number of rotatable bonds is 3. The van der Waals surface area contributed by atoms with Gasteiger partial charge in [-0.2, -0.15) is 0 Å². The monoisotopic (exact) mass is 382 g/mol. The number of fused-ring (bicyclic) bond motifs is 1. The number of hydrogen-bond donors (Lipinski definition) is 1. The van der Waals surface area contributed by atoms with Crippen LogP contribution >= 0.6 is 17.0 Å². The van der Waals surface area contributed by atoms with Crippen LogP contribution in [0.25, 0.3) is 6.08 Å².